The predicted molar refractivity (Wildman–Crippen MR) is 106 cm³/mol. The van der Waals surface area contributed by atoms with Crippen molar-refractivity contribution in [2.45, 2.75) is 45.4 Å². The van der Waals surface area contributed by atoms with E-state index in [4.69, 9.17) is 11.6 Å². The van der Waals surface area contributed by atoms with Crippen molar-refractivity contribution in [3.63, 3.8) is 0 Å². The lowest BCUT2D eigenvalue weighted by molar-refractivity contribution is -0.147. The first-order valence-corrected chi connectivity index (χ1v) is 9.75. The molecule has 1 heterocycles. The minimum absolute atomic E-state index is 0.0753. The van der Waals surface area contributed by atoms with E-state index in [2.05, 4.69) is 12.3 Å². The number of rotatable bonds is 9. The van der Waals surface area contributed by atoms with E-state index in [1.807, 2.05) is 12.2 Å². The first-order chi connectivity index (χ1) is 13.4. The predicted octanol–water partition coefficient (Wildman–Crippen LogP) is 4.43. The molecule has 0 aliphatic carbocycles. The van der Waals surface area contributed by atoms with Crippen molar-refractivity contribution in [3.8, 4) is 0 Å². The Morgan fingerprint density at radius 2 is 2.11 bits per heavy atom. The summed E-state index contributed by atoms with van der Waals surface area (Å²) in [7, 11) is 0. The Hall–Kier alpha value is -2.47. The molecule has 1 aromatic carbocycles. The van der Waals surface area contributed by atoms with Crippen LogP contribution in [0.2, 0.25) is 5.02 Å². The maximum Gasteiger partial charge on any atom is 0.263 e. The molecule has 2 rings (SSSR count). The Morgan fingerprint density at radius 3 is 2.82 bits per heavy atom. The van der Waals surface area contributed by atoms with Crippen LogP contribution < -0.4 is 5.43 Å². The molecular formula is C21H24ClFN2O3. The number of carbonyl (C=O) groups excluding carboxylic acids is 3. The van der Waals surface area contributed by atoms with Crippen LogP contribution in [0.5, 0.6) is 0 Å². The van der Waals surface area contributed by atoms with Crippen LogP contribution in [0.25, 0.3) is 6.08 Å². The molecule has 150 valence electrons. The van der Waals surface area contributed by atoms with E-state index in [1.165, 1.54) is 24.6 Å². The number of nitrogens with zero attached hydrogens (tertiary/aromatic N) is 1. The number of hydrazine groups is 1. The number of halogens is 2. The van der Waals surface area contributed by atoms with Gasteiger partial charge in [-0.2, -0.15) is 5.01 Å². The van der Waals surface area contributed by atoms with Crippen LogP contribution in [-0.4, -0.2) is 22.7 Å². The molecule has 28 heavy (non-hydrogen) atoms. The summed E-state index contributed by atoms with van der Waals surface area (Å²) in [5.74, 6) is -2.42. The summed E-state index contributed by atoms with van der Waals surface area (Å²) in [6.07, 6.45) is 11.4. The molecule has 1 aliphatic rings. The second-order valence-electron chi connectivity index (χ2n) is 6.65. The molecule has 1 unspecified atom stereocenters. The minimum atomic E-state index is -0.641. The molecule has 1 fully saturated rings. The minimum Gasteiger partial charge on any atom is -0.273 e. The average Bonchev–Trinajstić information content (AvgIpc) is 2.91. The van der Waals surface area contributed by atoms with E-state index in [1.54, 1.807) is 0 Å². The first-order valence-electron chi connectivity index (χ1n) is 9.38. The largest absolute Gasteiger partial charge is 0.273 e. The van der Waals surface area contributed by atoms with Crippen molar-refractivity contribution in [3.05, 3.63) is 52.8 Å². The topological polar surface area (TPSA) is 66.5 Å². The van der Waals surface area contributed by atoms with Gasteiger partial charge in [0, 0.05) is 12.5 Å². The van der Waals surface area contributed by atoms with Gasteiger partial charge in [0.15, 0.2) is 0 Å². The average molecular weight is 407 g/mol. The second-order valence-corrected chi connectivity index (χ2v) is 7.05. The number of hydrogen-bond acceptors (Lipinski definition) is 3. The van der Waals surface area contributed by atoms with Gasteiger partial charge in [-0.3, -0.25) is 19.8 Å². The Balaban J connectivity index is 1.87. The van der Waals surface area contributed by atoms with Gasteiger partial charge in [-0.1, -0.05) is 49.6 Å². The zero-order valence-electron chi connectivity index (χ0n) is 15.8. The molecule has 0 bridgehead atoms. The number of amides is 3. The van der Waals surface area contributed by atoms with Gasteiger partial charge < -0.3 is 0 Å². The van der Waals surface area contributed by atoms with Gasteiger partial charge in [0.2, 0.25) is 5.91 Å². The van der Waals surface area contributed by atoms with Crippen LogP contribution >= 0.6 is 11.6 Å². The lowest BCUT2D eigenvalue weighted by Crippen LogP contribution is -2.45. The normalized spacial score (nSPS) is 17.2. The number of allylic oxidation sites excluding steroid dienone is 2. The third-order valence-electron chi connectivity index (χ3n) is 4.40. The van der Waals surface area contributed by atoms with Gasteiger partial charge in [-0.15, -0.1) is 0 Å². The van der Waals surface area contributed by atoms with Gasteiger partial charge in [0.1, 0.15) is 5.82 Å². The van der Waals surface area contributed by atoms with Crippen LogP contribution in [-0.2, 0) is 14.4 Å². The van der Waals surface area contributed by atoms with Crippen LogP contribution in [0.4, 0.5) is 4.39 Å². The molecule has 0 spiro atoms. The van der Waals surface area contributed by atoms with Gasteiger partial charge in [-0.05, 0) is 43.0 Å². The molecule has 0 saturated carbocycles. The zero-order valence-corrected chi connectivity index (χ0v) is 16.5. The lowest BCUT2D eigenvalue weighted by atomic mass is 10.0. The molecule has 0 aromatic heterocycles. The van der Waals surface area contributed by atoms with Crippen molar-refractivity contribution in [1.29, 1.82) is 0 Å². The van der Waals surface area contributed by atoms with Crippen molar-refractivity contribution >= 4 is 35.4 Å². The maximum absolute atomic E-state index is 13.0. The third kappa shape index (κ3) is 6.30. The fourth-order valence-corrected chi connectivity index (χ4v) is 3.07. The summed E-state index contributed by atoms with van der Waals surface area (Å²) in [4.78, 5) is 36.4. The molecule has 7 heteroatoms. The van der Waals surface area contributed by atoms with E-state index in [9.17, 15) is 18.8 Å². The van der Waals surface area contributed by atoms with E-state index in [0.717, 1.165) is 36.4 Å². The number of carbonyl (C=O) groups is 3. The number of imide groups is 1. The van der Waals surface area contributed by atoms with E-state index in [-0.39, 0.29) is 11.4 Å². The molecule has 3 amide bonds. The Kier molecular flexibility index (Phi) is 8.39. The van der Waals surface area contributed by atoms with Crippen LogP contribution in [0, 0.1) is 11.7 Å². The van der Waals surface area contributed by atoms with Gasteiger partial charge in [-0.25, -0.2) is 4.39 Å². The van der Waals surface area contributed by atoms with Gasteiger partial charge in [0.05, 0.1) is 10.9 Å². The smallest absolute Gasteiger partial charge is 0.263 e. The molecule has 5 nitrogen and oxygen atoms in total. The Labute approximate surface area is 169 Å². The monoisotopic (exact) mass is 406 g/mol. The highest BCUT2D eigenvalue weighted by atomic mass is 35.5. The number of benzene rings is 1. The van der Waals surface area contributed by atoms with Crippen molar-refractivity contribution in [2.24, 2.45) is 5.92 Å². The quantitative estimate of drug-likeness (QED) is 0.285. The molecule has 1 atom stereocenters. The van der Waals surface area contributed by atoms with Crippen LogP contribution in [0.3, 0.4) is 0 Å². The van der Waals surface area contributed by atoms with Crippen LogP contribution in [0.1, 0.15) is 51.0 Å². The fraction of sp³-hybridized carbons (Fsp3) is 0.381. The SMILES string of the molecule is CCCCCC=CCC1CC(=O)N(NC(=O)C=Cc2ccc(F)cc2Cl)C1=O. The molecular weight excluding hydrogens is 383 g/mol. The van der Waals surface area contributed by atoms with E-state index < -0.39 is 29.5 Å². The van der Waals surface area contributed by atoms with Crippen LogP contribution in [0.15, 0.2) is 36.4 Å². The van der Waals surface area contributed by atoms with Gasteiger partial charge in [0.25, 0.3) is 11.8 Å². The molecule has 1 N–H and O–H groups in total. The summed E-state index contributed by atoms with van der Waals surface area (Å²) in [5.41, 5.74) is 2.74. The molecule has 1 aliphatic heterocycles. The van der Waals surface area contributed by atoms with Crippen molar-refractivity contribution in [1.82, 2.24) is 10.4 Å². The highest BCUT2D eigenvalue weighted by Gasteiger charge is 2.38. The van der Waals surface area contributed by atoms with Gasteiger partial charge >= 0.3 is 0 Å². The first kappa shape index (κ1) is 21.8. The summed E-state index contributed by atoms with van der Waals surface area (Å²) >= 11 is 5.89. The molecule has 1 saturated heterocycles. The zero-order chi connectivity index (χ0) is 20.5. The highest BCUT2D eigenvalue weighted by molar-refractivity contribution is 6.32. The summed E-state index contributed by atoms with van der Waals surface area (Å²) in [6, 6.07) is 3.78. The van der Waals surface area contributed by atoms with Crippen molar-refractivity contribution in [2.75, 3.05) is 0 Å². The Morgan fingerprint density at radius 1 is 1.32 bits per heavy atom. The lowest BCUT2D eigenvalue weighted by Gasteiger charge is -2.14. The third-order valence-corrected chi connectivity index (χ3v) is 4.73. The molecule has 0 radical (unpaired) electrons. The standard InChI is InChI=1S/C21H24ClFN2O3/c1-2-3-4-5-6-7-8-16-13-20(27)25(21(16)28)24-19(26)12-10-15-9-11-17(23)14-18(15)22/h6-7,9-12,14,16H,2-5,8,13H2,1H3,(H,24,26). The summed E-state index contributed by atoms with van der Waals surface area (Å²) in [5, 5.41) is 0.928. The second kappa shape index (κ2) is 10.8. The number of unbranched alkanes of at least 4 members (excludes halogenated alkanes) is 3. The number of nitrogens with one attached hydrogen (secondary N) is 1. The number of hydrogen-bond donors (Lipinski definition) is 1. The Bertz CT molecular complexity index is 792. The van der Waals surface area contributed by atoms with Crippen molar-refractivity contribution < 1.29 is 18.8 Å². The fourth-order valence-electron chi connectivity index (χ4n) is 2.84. The highest BCUT2D eigenvalue weighted by Crippen LogP contribution is 2.22. The van der Waals surface area contributed by atoms with E-state index in [0.29, 0.717) is 12.0 Å². The summed E-state index contributed by atoms with van der Waals surface area (Å²) in [6.45, 7) is 2.14. The maximum atomic E-state index is 13.0. The molecule has 1 aromatic rings. The summed E-state index contributed by atoms with van der Waals surface area (Å²) < 4.78 is 13.0. The van der Waals surface area contributed by atoms with E-state index >= 15 is 0 Å².